The maximum atomic E-state index is 12.4. The fourth-order valence-corrected chi connectivity index (χ4v) is 2.68. The molecule has 0 radical (unpaired) electrons. The molecule has 1 aromatic carbocycles. The number of hydrogen-bond donors (Lipinski definition) is 3. The van der Waals surface area contributed by atoms with E-state index in [4.69, 9.17) is 5.73 Å². The molecule has 0 aromatic heterocycles. The first-order valence-corrected chi connectivity index (χ1v) is 7.12. The summed E-state index contributed by atoms with van der Waals surface area (Å²) >= 11 is 0. The maximum Gasteiger partial charge on any atom is 0.252 e. The molecule has 20 heavy (non-hydrogen) atoms. The van der Waals surface area contributed by atoms with Gasteiger partial charge in [-0.2, -0.15) is 0 Å². The minimum absolute atomic E-state index is 0.0104. The van der Waals surface area contributed by atoms with Gasteiger partial charge in [-0.05, 0) is 56.4 Å². The average molecular weight is 273 g/mol. The Bertz CT molecular complexity index is 524. The third-order valence-corrected chi connectivity index (χ3v) is 4.17. The Labute approximate surface area is 120 Å². The average Bonchev–Trinajstić information content (AvgIpc) is 2.45. The van der Waals surface area contributed by atoms with Crippen molar-refractivity contribution in [3.8, 4) is 0 Å². The predicted octanol–water partition coefficient (Wildman–Crippen LogP) is 1.76. The molecule has 108 valence electrons. The van der Waals surface area contributed by atoms with Crippen molar-refractivity contribution in [3.05, 3.63) is 47.2 Å². The van der Waals surface area contributed by atoms with Crippen LogP contribution < -0.4 is 16.6 Å². The van der Waals surface area contributed by atoms with E-state index in [0.29, 0.717) is 6.54 Å². The van der Waals surface area contributed by atoms with Crippen LogP contribution in [0.15, 0.2) is 36.0 Å². The smallest absolute Gasteiger partial charge is 0.252 e. The van der Waals surface area contributed by atoms with E-state index < -0.39 is 5.41 Å². The number of hydrogen-bond acceptors (Lipinski definition) is 3. The van der Waals surface area contributed by atoms with Gasteiger partial charge in [0, 0.05) is 6.20 Å². The SMILES string of the molecule is CC1=CNNC(=O)C1(C)c1ccccc1CCCCN. The van der Waals surface area contributed by atoms with Crippen LogP contribution in [0.2, 0.25) is 0 Å². The summed E-state index contributed by atoms with van der Waals surface area (Å²) in [5.41, 5.74) is 13.8. The van der Waals surface area contributed by atoms with Gasteiger partial charge in [-0.3, -0.25) is 10.2 Å². The number of rotatable bonds is 5. The highest BCUT2D eigenvalue weighted by Crippen LogP contribution is 2.35. The Morgan fingerprint density at radius 2 is 2.00 bits per heavy atom. The number of benzene rings is 1. The summed E-state index contributed by atoms with van der Waals surface area (Å²) in [5, 5.41) is 0. The summed E-state index contributed by atoms with van der Waals surface area (Å²) in [4.78, 5) is 12.4. The lowest BCUT2D eigenvalue weighted by Crippen LogP contribution is -2.52. The van der Waals surface area contributed by atoms with Crippen molar-refractivity contribution in [1.29, 1.82) is 0 Å². The van der Waals surface area contributed by atoms with Crippen molar-refractivity contribution < 1.29 is 4.79 Å². The van der Waals surface area contributed by atoms with Gasteiger partial charge in [-0.15, -0.1) is 0 Å². The van der Waals surface area contributed by atoms with Gasteiger partial charge in [0.15, 0.2) is 0 Å². The number of hydrazine groups is 1. The third-order valence-electron chi connectivity index (χ3n) is 4.17. The Kier molecular flexibility index (Phi) is 4.45. The second kappa shape index (κ2) is 6.09. The predicted molar refractivity (Wildman–Crippen MR) is 80.8 cm³/mol. The summed E-state index contributed by atoms with van der Waals surface area (Å²) in [6.45, 7) is 4.68. The molecule has 0 saturated heterocycles. The van der Waals surface area contributed by atoms with E-state index in [1.54, 1.807) is 0 Å². The Morgan fingerprint density at radius 1 is 1.25 bits per heavy atom. The molecular formula is C16H23N3O. The van der Waals surface area contributed by atoms with Crippen LogP contribution in [0.5, 0.6) is 0 Å². The molecule has 0 aliphatic carbocycles. The summed E-state index contributed by atoms with van der Waals surface area (Å²) < 4.78 is 0. The van der Waals surface area contributed by atoms with Crippen LogP contribution in [0.25, 0.3) is 0 Å². The quantitative estimate of drug-likeness (QED) is 0.716. The van der Waals surface area contributed by atoms with E-state index in [-0.39, 0.29) is 5.91 Å². The molecular weight excluding hydrogens is 250 g/mol. The molecule has 0 saturated carbocycles. The largest absolute Gasteiger partial charge is 0.330 e. The minimum atomic E-state index is -0.607. The highest BCUT2D eigenvalue weighted by Gasteiger charge is 2.40. The standard InChI is InChI=1S/C16H23N3O/c1-12-11-18-19-15(20)16(12,2)14-9-4-3-7-13(14)8-5-6-10-17/h3-4,7,9,11,18H,5-6,8,10,17H2,1-2H3,(H,19,20). The normalized spacial score (nSPS) is 21.9. The highest BCUT2D eigenvalue weighted by atomic mass is 16.2. The summed E-state index contributed by atoms with van der Waals surface area (Å²) in [5.74, 6) is -0.0104. The van der Waals surface area contributed by atoms with Crippen LogP contribution in [0.4, 0.5) is 0 Å². The first-order chi connectivity index (χ1) is 9.60. The van der Waals surface area contributed by atoms with Gasteiger partial charge in [0.05, 0.1) is 5.41 Å². The maximum absolute atomic E-state index is 12.4. The highest BCUT2D eigenvalue weighted by molar-refractivity contribution is 5.92. The van der Waals surface area contributed by atoms with Gasteiger partial charge in [0.25, 0.3) is 5.91 Å². The van der Waals surface area contributed by atoms with E-state index in [0.717, 1.165) is 30.4 Å². The van der Waals surface area contributed by atoms with Gasteiger partial charge >= 0.3 is 0 Å². The number of unbranched alkanes of at least 4 members (excludes halogenated alkanes) is 1. The van der Waals surface area contributed by atoms with Gasteiger partial charge in [-0.25, -0.2) is 0 Å². The number of carbonyl (C=O) groups excluding carboxylic acids is 1. The van der Waals surface area contributed by atoms with Crippen molar-refractivity contribution in [3.63, 3.8) is 0 Å². The topological polar surface area (TPSA) is 67.1 Å². The zero-order valence-corrected chi connectivity index (χ0v) is 12.2. The third kappa shape index (κ3) is 2.56. The zero-order valence-electron chi connectivity index (χ0n) is 12.2. The van der Waals surface area contributed by atoms with Crippen molar-refractivity contribution in [1.82, 2.24) is 10.9 Å². The van der Waals surface area contributed by atoms with Gasteiger partial charge in [-0.1, -0.05) is 24.3 Å². The minimum Gasteiger partial charge on any atom is -0.330 e. The van der Waals surface area contributed by atoms with E-state index in [2.05, 4.69) is 23.0 Å². The fraction of sp³-hybridized carbons (Fsp3) is 0.438. The number of amides is 1. The molecule has 0 bridgehead atoms. The van der Waals surface area contributed by atoms with Crippen molar-refractivity contribution >= 4 is 5.91 Å². The lowest BCUT2D eigenvalue weighted by molar-refractivity contribution is -0.126. The van der Waals surface area contributed by atoms with Gasteiger partial charge in [0.1, 0.15) is 0 Å². The lowest BCUT2D eigenvalue weighted by atomic mass is 9.73. The van der Waals surface area contributed by atoms with E-state index in [1.807, 2.05) is 32.2 Å². The molecule has 4 N–H and O–H groups in total. The number of nitrogens with one attached hydrogen (secondary N) is 2. The molecule has 4 heteroatoms. The second-order valence-electron chi connectivity index (χ2n) is 5.45. The molecule has 1 aliphatic heterocycles. The Balaban J connectivity index is 2.38. The molecule has 1 unspecified atom stereocenters. The number of nitrogens with two attached hydrogens (primary N) is 1. The molecule has 0 fully saturated rings. The van der Waals surface area contributed by atoms with Crippen LogP contribution >= 0.6 is 0 Å². The van der Waals surface area contributed by atoms with Gasteiger partial charge in [0.2, 0.25) is 0 Å². The second-order valence-corrected chi connectivity index (χ2v) is 5.45. The summed E-state index contributed by atoms with van der Waals surface area (Å²) in [6, 6.07) is 8.19. The van der Waals surface area contributed by atoms with E-state index >= 15 is 0 Å². The van der Waals surface area contributed by atoms with E-state index in [9.17, 15) is 4.79 Å². The summed E-state index contributed by atoms with van der Waals surface area (Å²) in [6.07, 6.45) is 4.87. The van der Waals surface area contributed by atoms with Crippen molar-refractivity contribution in [2.24, 2.45) is 5.73 Å². The molecule has 1 heterocycles. The van der Waals surface area contributed by atoms with Crippen LogP contribution in [0.3, 0.4) is 0 Å². The van der Waals surface area contributed by atoms with Crippen LogP contribution in [0, 0.1) is 0 Å². The molecule has 0 spiro atoms. The van der Waals surface area contributed by atoms with Crippen LogP contribution in [-0.2, 0) is 16.6 Å². The van der Waals surface area contributed by atoms with Crippen LogP contribution in [-0.4, -0.2) is 12.5 Å². The molecule has 1 atom stereocenters. The summed E-state index contributed by atoms with van der Waals surface area (Å²) in [7, 11) is 0. The first kappa shape index (κ1) is 14.6. The van der Waals surface area contributed by atoms with Crippen LogP contribution in [0.1, 0.15) is 37.8 Å². The zero-order chi connectivity index (χ0) is 14.6. The fourth-order valence-electron chi connectivity index (χ4n) is 2.68. The monoisotopic (exact) mass is 273 g/mol. The molecule has 4 nitrogen and oxygen atoms in total. The number of aryl methyl sites for hydroxylation is 1. The number of carbonyl (C=O) groups is 1. The molecule has 1 aromatic rings. The van der Waals surface area contributed by atoms with Crippen molar-refractivity contribution in [2.45, 2.75) is 38.5 Å². The Morgan fingerprint density at radius 3 is 2.70 bits per heavy atom. The van der Waals surface area contributed by atoms with Crippen molar-refractivity contribution in [2.75, 3.05) is 6.54 Å². The van der Waals surface area contributed by atoms with E-state index in [1.165, 1.54) is 5.56 Å². The lowest BCUT2D eigenvalue weighted by Gasteiger charge is -2.35. The Hall–Kier alpha value is -1.81. The molecule has 1 aliphatic rings. The van der Waals surface area contributed by atoms with Gasteiger partial charge < -0.3 is 11.2 Å². The molecule has 1 amide bonds. The first-order valence-electron chi connectivity index (χ1n) is 7.12. The molecule has 2 rings (SSSR count).